The van der Waals surface area contributed by atoms with Gasteiger partial charge >= 0.3 is 0 Å². The van der Waals surface area contributed by atoms with Crippen molar-refractivity contribution in [2.45, 2.75) is 0 Å². The average molecular weight is 571 g/mol. The van der Waals surface area contributed by atoms with Gasteiger partial charge in [0.2, 0.25) is 0 Å². The smallest absolute Gasteiger partial charge is 0.0788 e. The average Bonchev–Trinajstić information content (AvgIpc) is 3.75. The van der Waals surface area contributed by atoms with Gasteiger partial charge in [0, 0.05) is 32.9 Å². The summed E-state index contributed by atoms with van der Waals surface area (Å²) in [5.74, 6) is 0. The molecule has 0 spiro atoms. The van der Waals surface area contributed by atoms with E-state index in [1.165, 1.54) is 0 Å². The normalized spacial score (nSPS) is 14.8. The lowest BCUT2D eigenvalue weighted by Crippen LogP contribution is -1.98. The second kappa shape index (κ2) is 9.86. The molecule has 0 saturated carbocycles. The predicted molar refractivity (Wildman–Crippen MR) is 186 cm³/mol. The maximum Gasteiger partial charge on any atom is 0.0788 e. The Balaban J connectivity index is 1.52. The molecule has 0 radical (unpaired) electrons. The first-order valence-electron chi connectivity index (χ1n) is 19.3. The minimum atomic E-state index is -0.478. The molecule has 0 fully saturated rings. The van der Waals surface area contributed by atoms with Crippen LogP contribution in [0.4, 0.5) is 0 Å². The van der Waals surface area contributed by atoms with Gasteiger partial charge in [0.15, 0.2) is 0 Å². The summed E-state index contributed by atoms with van der Waals surface area (Å²) in [6.07, 6.45) is 0. The van der Waals surface area contributed by atoms with Crippen LogP contribution < -0.4 is 0 Å². The molecule has 0 aliphatic heterocycles. The molecule has 9 aromatic rings. The Hall–Kier alpha value is -5.86. The molecule has 0 amide bonds. The van der Waals surface area contributed by atoms with Crippen molar-refractivity contribution in [3.05, 3.63) is 170 Å². The van der Waals surface area contributed by atoms with E-state index in [1.807, 2.05) is 109 Å². The summed E-state index contributed by atoms with van der Waals surface area (Å²) in [6.45, 7) is 0. The zero-order chi connectivity index (χ0) is 37.7. The van der Waals surface area contributed by atoms with Crippen molar-refractivity contribution >= 4 is 43.6 Å². The quantitative estimate of drug-likeness (QED) is 0.199. The zero-order valence-corrected chi connectivity index (χ0v) is 23.3. The molecule has 7 aromatic carbocycles. The fraction of sp³-hybridized carbons (Fsp3) is 0. The van der Waals surface area contributed by atoms with Crippen LogP contribution in [0.2, 0.25) is 0 Å². The second-order valence-corrected chi connectivity index (χ2v) is 10.6. The Morgan fingerprint density at radius 1 is 0.341 bits per heavy atom. The Morgan fingerprint density at radius 2 is 0.705 bits per heavy atom. The van der Waals surface area contributed by atoms with Crippen LogP contribution in [0.15, 0.2) is 170 Å². The molecule has 0 aliphatic carbocycles. The molecule has 2 heteroatoms. The van der Waals surface area contributed by atoms with Crippen molar-refractivity contribution in [2.24, 2.45) is 0 Å². The van der Waals surface area contributed by atoms with Gasteiger partial charge < -0.3 is 9.13 Å². The van der Waals surface area contributed by atoms with Crippen LogP contribution in [0.3, 0.4) is 0 Å². The number of nitrogens with zero attached hydrogens (tertiary/aromatic N) is 2. The molecule has 2 aromatic heterocycles. The third-order valence-electron chi connectivity index (χ3n) is 8.21. The lowest BCUT2D eigenvalue weighted by Gasteiger charge is -2.13. The monoisotopic (exact) mass is 570 g/mol. The van der Waals surface area contributed by atoms with E-state index in [9.17, 15) is 5.48 Å². The summed E-state index contributed by atoms with van der Waals surface area (Å²) in [7, 11) is 0. The van der Waals surface area contributed by atoms with Crippen molar-refractivity contribution in [1.29, 1.82) is 0 Å². The summed E-state index contributed by atoms with van der Waals surface area (Å²) >= 11 is 0. The minimum Gasteiger partial charge on any atom is -0.307 e. The van der Waals surface area contributed by atoms with Gasteiger partial charge in [0.25, 0.3) is 0 Å². The molecule has 9 rings (SSSR count). The van der Waals surface area contributed by atoms with Gasteiger partial charge in [-0.25, -0.2) is 0 Å². The van der Waals surface area contributed by atoms with E-state index in [0.717, 1.165) is 22.3 Å². The number of hydrogen-bond acceptors (Lipinski definition) is 0. The van der Waals surface area contributed by atoms with Crippen LogP contribution in [0.25, 0.3) is 77.2 Å². The molecule has 0 aliphatic rings. The van der Waals surface area contributed by atoms with Crippen LogP contribution in [-0.4, -0.2) is 9.13 Å². The molecule has 0 N–H and O–H groups in total. The zero-order valence-electron chi connectivity index (χ0n) is 33.3. The highest BCUT2D eigenvalue weighted by Crippen LogP contribution is 2.42. The fourth-order valence-electron chi connectivity index (χ4n) is 6.19. The topological polar surface area (TPSA) is 9.86 Å². The van der Waals surface area contributed by atoms with Crippen LogP contribution in [-0.2, 0) is 0 Å². The van der Waals surface area contributed by atoms with E-state index in [1.54, 1.807) is 9.13 Å². The van der Waals surface area contributed by atoms with Crippen LogP contribution in [0, 0.1) is 0 Å². The highest BCUT2D eigenvalue weighted by molar-refractivity contribution is 6.23. The standard InChI is InChI=1S/C42H28N2/c1-3-11-29(12-4-1)31-19-23-33(24-20-31)43-39-17-9-7-15-35(39)37-27-28-38-36-16-8-10-18-40(36)44(42(38)41(37)43)34-25-21-32(22-26-34)30-13-5-2-6-14-30/h1-28H/i7D,8D,9D,10D,15D,16D,17D,18D,27D,28D. The van der Waals surface area contributed by atoms with E-state index < -0.39 is 24.2 Å². The van der Waals surface area contributed by atoms with E-state index in [-0.39, 0.29) is 79.9 Å². The maximum absolute atomic E-state index is 9.44. The summed E-state index contributed by atoms with van der Waals surface area (Å²) < 4.78 is 93.4. The fourth-order valence-corrected chi connectivity index (χ4v) is 6.19. The largest absolute Gasteiger partial charge is 0.307 e. The Kier molecular flexibility index (Phi) is 3.74. The molecule has 2 nitrogen and oxygen atoms in total. The molecular weight excluding hydrogens is 532 g/mol. The summed E-state index contributed by atoms with van der Waals surface area (Å²) in [6, 6.07) is 30.7. The molecule has 0 saturated heterocycles. The van der Waals surface area contributed by atoms with Gasteiger partial charge in [0.1, 0.15) is 0 Å². The molecule has 0 atom stereocenters. The Labute approximate surface area is 269 Å². The first kappa shape index (κ1) is 16.7. The lowest BCUT2D eigenvalue weighted by atomic mass is 10.1. The van der Waals surface area contributed by atoms with Crippen LogP contribution in [0.1, 0.15) is 13.7 Å². The van der Waals surface area contributed by atoms with Gasteiger partial charge in [-0.3, -0.25) is 0 Å². The molecule has 2 heterocycles. The number of rotatable bonds is 4. The van der Waals surface area contributed by atoms with Gasteiger partial charge in [-0.1, -0.05) is 133 Å². The summed E-state index contributed by atoms with van der Waals surface area (Å²) in [5, 5.41) is 0.363. The van der Waals surface area contributed by atoms with E-state index in [2.05, 4.69) is 0 Å². The maximum atomic E-state index is 9.44. The molecule has 0 unspecified atom stereocenters. The Morgan fingerprint density at radius 3 is 1.11 bits per heavy atom. The van der Waals surface area contributed by atoms with Gasteiger partial charge in [-0.05, 0) is 58.6 Å². The third-order valence-corrected chi connectivity index (χ3v) is 8.21. The lowest BCUT2D eigenvalue weighted by molar-refractivity contribution is 1.15. The predicted octanol–water partition coefficient (Wildman–Crippen LogP) is 11.2. The van der Waals surface area contributed by atoms with E-state index in [4.69, 9.17) is 8.22 Å². The molecule has 206 valence electrons. The van der Waals surface area contributed by atoms with Crippen molar-refractivity contribution in [2.75, 3.05) is 0 Å². The molecule has 0 bridgehead atoms. The number of para-hydroxylation sites is 2. The number of fused-ring (bicyclic) bond motifs is 7. The van der Waals surface area contributed by atoms with Crippen molar-refractivity contribution in [1.82, 2.24) is 9.13 Å². The van der Waals surface area contributed by atoms with Crippen molar-refractivity contribution in [3.8, 4) is 33.6 Å². The number of aromatic nitrogens is 2. The minimum absolute atomic E-state index is 0.0688. The number of benzene rings is 7. The molecular formula is C42H28N2. The van der Waals surface area contributed by atoms with Gasteiger partial charge in [-0.15, -0.1) is 0 Å². The highest BCUT2D eigenvalue weighted by atomic mass is 15.0. The van der Waals surface area contributed by atoms with E-state index in [0.29, 0.717) is 11.4 Å². The second-order valence-electron chi connectivity index (χ2n) is 10.6. The first-order chi connectivity index (χ1) is 26.0. The van der Waals surface area contributed by atoms with Crippen LogP contribution in [0.5, 0.6) is 0 Å². The van der Waals surface area contributed by atoms with Crippen LogP contribution >= 0.6 is 0 Å². The van der Waals surface area contributed by atoms with Gasteiger partial charge in [0.05, 0.1) is 35.8 Å². The number of hydrogen-bond donors (Lipinski definition) is 0. The molecule has 44 heavy (non-hydrogen) atoms. The summed E-state index contributed by atoms with van der Waals surface area (Å²) in [4.78, 5) is 0. The third kappa shape index (κ3) is 3.75. The SMILES string of the molecule is [2H]c1c([2H])c([2H])c2c(c1[2H])c1c([2H])c([2H])c3c4c([2H])c([2H])c([2H])c([2H])c4n(-c4ccc(-c5ccccc5)cc4)c3c1n2-c1ccc(-c2ccccc2)cc1. The highest BCUT2D eigenvalue weighted by Gasteiger charge is 2.21. The first-order valence-corrected chi connectivity index (χ1v) is 14.3. The summed E-state index contributed by atoms with van der Waals surface area (Å²) in [5.41, 5.74) is 5.61. The van der Waals surface area contributed by atoms with Crippen molar-refractivity contribution in [3.63, 3.8) is 0 Å². The van der Waals surface area contributed by atoms with E-state index >= 15 is 0 Å². The van der Waals surface area contributed by atoms with Crippen molar-refractivity contribution < 1.29 is 13.7 Å². The Bertz CT molecular complexity index is 2800. The van der Waals surface area contributed by atoms with Gasteiger partial charge in [-0.2, -0.15) is 0 Å².